The van der Waals surface area contributed by atoms with E-state index in [0.717, 1.165) is 25.2 Å². The Bertz CT molecular complexity index is 416. The second-order valence-electron chi connectivity index (χ2n) is 3.90. The second-order valence-corrected chi connectivity index (χ2v) is 3.90. The molecule has 0 spiro atoms. The Morgan fingerprint density at radius 2 is 1.83 bits per heavy atom. The smallest absolute Gasteiger partial charge is 0.403 e. The number of hydrogen-bond acceptors (Lipinski definition) is 3. The molecule has 0 amide bonds. The zero-order valence-electron chi connectivity index (χ0n) is 9.43. The Morgan fingerprint density at radius 3 is 2.39 bits per heavy atom. The third kappa shape index (κ3) is 3.25. The van der Waals surface area contributed by atoms with Gasteiger partial charge in [-0.15, -0.1) is 13.2 Å². The summed E-state index contributed by atoms with van der Waals surface area (Å²) in [5, 5.41) is 3.13. The first-order valence-corrected chi connectivity index (χ1v) is 5.47. The van der Waals surface area contributed by atoms with Crippen LogP contribution in [0.4, 0.5) is 23.2 Å². The van der Waals surface area contributed by atoms with Gasteiger partial charge in [-0.1, -0.05) is 0 Å². The maximum atomic E-state index is 13.5. The maximum absolute atomic E-state index is 13.5. The number of hydrogen-bond donors (Lipinski definition) is 1. The molecule has 100 valence electrons. The Labute approximate surface area is 101 Å². The molecule has 0 aliphatic carbocycles. The second kappa shape index (κ2) is 5.01. The van der Waals surface area contributed by atoms with E-state index >= 15 is 0 Å². The Morgan fingerprint density at radius 1 is 1.17 bits per heavy atom. The monoisotopic (exact) mass is 264 g/mol. The van der Waals surface area contributed by atoms with Crippen LogP contribution in [0.2, 0.25) is 0 Å². The third-order valence-corrected chi connectivity index (χ3v) is 2.62. The lowest BCUT2D eigenvalue weighted by atomic mass is 10.2. The zero-order chi connectivity index (χ0) is 13.2. The normalized spacial score (nSPS) is 16.8. The molecule has 1 fully saturated rings. The molecule has 18 heavy (non-hydrogen) atoms. The average molecular weight is 264 g/mol. The van der Waals surface area contributed by atoms with Gasteiger partial charge in [0, 0.05) is 37.9 Å². The number of alkyl halides is 3. The lowest BCUT2D eigenvalue weighted by Gasteiger charge is -2.29. The first-order valence-electron chi connectivity index (χ1n) is 5.47. The molecule has 0 saturated carbocycles. The molecule has 0 atom stereocenters. The predicted molar refractivity (Wildman–Crippen MR) is 58.2 cm³/mol. The number of benzene rings is 1. The van der Waals surface area contributed by atoms with E-state index in [4.69, 9.17) is 0 Å². The number of halogens is 4. The summed E-state index contributed by atoms with van der Waals surface area (Å²) in [6, 6.07) is 3.49. The fraction of sp³-hybridized carbons (Fsp3) is 0.455. The average Bonchev–Trinajstić information content (AvgIpc) is 2.31. The summed E-state index contributed by atoms with van der Waals surface area (Å²) in [7, 11) is 0. The number of nitrogens with zero attached hydrogens (tertiary/aromatic N) is 1. The summed E-state index contributed by atoms with van der Waals surface area (Å²) < 4.78 is 52.9. The van der Waals surface area contributed by atoms with Gasteiger partial charge in [0.2, 0.25) is 0 Å². The van der Waals surface area contributed by atoms with E-state index in [-0.39, 0.29) is 0 Å². The van der Waals surface area contributed by atoms with Crippen LogP contribution in [0.5, 0.6) is 5.75 Å². The highest BCUT2D eigenvalue weighted by Gasteiger charge is 2.32. The summed E-state index contributed by atoms with van der Waals surface area (Å²) in [4.78, 5) is 1.90. The summed E-state index contributed by atoms with van der Waals surface area (Å²) >= 11 is 0. The van der Waals surface area contributed by atoms with E-state index in [1.54, 1.807) is 0 Å². The predicted octanol–water partition coefficient (Wildman–Crippen LogP) is 2.13. The van der Waals surface area contributed by atoms with Crippen LogP contribution in [-0.4, -0.2) is 32.5 Å². The fourth-order valence-corrected chi connectivity index (χ4v) is 1.82. The van der Waals surface area contributed by atoms with Gasteiger partial charge in [-0.2, -0.15) is 0 Å². The summed E-state index contributed by atoms with van der Waals surface area (Å²) in [6.07, 6.45) is -4.88. The molecule has 1 N–H and O–H groups in total. The van der Waals surface area contributed by atoms with Crippen molar-refractivity contribution in [2.75, 3.05) is 31.1 Å². The van der Waals surface area contributed by atoms with Crippen molar-refractivity contribution < 1.29 is 22.3 Å². The van der Waals surface area contributed by atoms with Crippen molar-refractivity contribution in [3.8, 4) is 5.75 Å². The molecular formula is C11H12F4N2O. The molecule has 1 aromatic rings. The van der Waals surface area contributed by atoms with E-state index in [1.807, 2.05) is 4.90 Å². The van der Waals surface area contributed by atoms with Crippen molar-refractivity contribution in [3.63, 3.8) is 0 Å². The number of rotatable bonds is 2. The largest absolute Gasteiger partial charge is 0.573 e. The molecule has 0 unspecified atom stereocenters. The Hall–Kier alpha value is -1.50. The van der Waals surface area contributed by atoms with Crippen LogP contribution >= 0.6 is 0 Å². The minimum Gasteiger partial charge on any atom is -0.403 e. The number of piperazine rings is 1. The topological polar surface area (TPSA) is 24.5 Å². The van der Waals surface area contributed by atoms with E-state index in [0.29, 0.717) is 18.8 Å². The van der Waals surface area contributed by atoms with E-state index in [2.05, 4.69) is 10.1 Å². The highest BCUT2D eigenvalue weighted by Crippen LogP contribution is 2.28. The number of anilines is 1. The van der Waals surface area contributed by atoms with Crippen LogP contribution in [0.15, 0.2) is 18.2 Å². The molecule has 1 aliphatic rings. The fourth-order valence-electron chi connectivity index (χ4n) is 1.82. The first-order chi connectivity index (χ1) is 8.46. The molecule has 0 bridgehead atoms. The molecule has 3 nitrogen and oxygen atoms in total. The van der Waals surface area contributed by atoms with Gasteiger partial charge in [-0.3, -0.25) is 0 Å². The van der Waals surface area contributed by atoms with Gasteiger partial charge in [-0.05, 0) is 12.1 Å². The van der Waals surface area contributed by atoms with Crippen LogP contribution in [0.3, 0.4) is 0 Å². The summed E-state index contributed by atoms with van der Waals surface area (Å²) in [5.74, 6) is -1.82. The Kier molecular flexibility index (Phi) is 3.60. The van der Waals surface area contributed by atoms with Crippen molar-refractivity contribution in [2.45, 2.75) is 6.36 Å². The van der Waals surface area contributed by atoms with Crippen molar-refractivity contribution in [3.05, 3.63) is 24.0 Å². The van der Waals surface area contributed by atoms with Crippen molar-refractivity contribution >= 4 is 5.69 Å². The number of nitrogens with one attached hydrogen (secondary N) is 1. The van der Waals surface area contributed by atoms with Gasteiger partial charge in [0.05, 0.1) is 0 Å². The first kappa shape index (κ1) is 12.9. The molecule has 1 saturated heterocycles. The number of ether oxygens (including phenoxy) is 1. The molecule has 1 aliphatic heterocycles. The zero-order valence-corrected chi connectivity index (χ0v) is 9.43. The standard InChI is InChI=1S/C11H12F4N2O/c12-9-7-8(17-5-3-16-4-6-17)1-2-10(9)18-11(13,14)15/h1-2,7,16H,3-6H2. The van der Waals surface area contributed by atoms with Gasteiger partial charge in [0.15, 0.2) is 11.6 Å². The van der Waals surface area contributed by atoms with Gasteiger partial charge in [-0.25, -0.2) is 4.39 Å². The molecule has 1 heterocycles. The van der Waals surface area contributed by atoms with E-state index in [9.17, 15) is 17.6 Å². The third-order valence-electron chi connectivity index (χ3n) is 2.62. The van der Waals surface area contributed by atoms with Gasteiger partial charge in [0.1, 0.15) is 0 Å². The Balaban J connectivity index is 2.13. The van der Waals surface area contributed by atoms with Crippen LogP contribution in [0.25, 0.3) is 0 Å². The summed E-state index contributed by atoms with van der Waals surface area (Å²) in [5.41, 5.74) is 0.559. The van der Waals surface area contributed by atoms with Crippen LogP contribution in [0, 0.1) is 5.82 Å². The highest BCUT2D eigenvalue weighted by atomic mass is 19.4. The van der Waals surface area contributed by atoms with Crippen LogP contribution < -0.4 is 15.0 Å². The minimum absolute atomic E-state index is 0.559. The molecule has 1 aromatic carbocycles. The SMILES string of the molecule is Fc1cc(N2CCNCC2)ccc1OC(F)(F)F. The van der Waals surface area contributed by atoms with Gasteiger partial charge < -0.3 is 15.0 Å². The molecule has 0 radical (unpaired) electrons. The minimum atomic E-state index is -4.88. The van der Waals surface area contributed by atoms with Gasteiger partial charge in [0.25, 0.3) is 0 Å². The molecule has 7 heteroatoms. The maximum Gasteiger partial charge on any atom is 0.573 e. The van der Waals surface area contributed by atoms with Crippen LogP contribution in [0.1, 0.15) is 0 Å². The molecule has 2 rings (SSSR count). The lowest BCUT2D eigenvalue weighted by molar-refractivity contribution is -0.275. The lowest BCUT2D eigenvalue weighted by Crippen LogP contribution is -2.43. The van der Waals surface area contributed by atoms with Crippen molar-refractivity contribution in [1.29, 1.82) is 0 Å². The van der Waals surface area contributed by atoms with Crippen molar-refractivity contribution in [1.82, 2.24) is 5.32 Å². The van der Waals surface area contributed by atoms with E-state index in [1.165, 1.54) is 6.07 Å². The quantitative estimate of drug-likeness (QED) is 0.828. The molecule has 0 aromatic heterocycles. The summed E-state index contributed by atoms with van der Waals surface area (Å²) in [6.45, 7) is 2.92. The molecular weight excluding hydrogens is 252 g/mol. The highest BCUT2D eigenvalue weighted by molar-refractivity contribution is 5.50. The van der Waals surface area contributed by atoms with Gasteiger partial charge >= 0.3 is 6.36 Å². The van der Waals surface area contributed by atoms with Crippen LogP contribution in [-0.2, 0) is 0 Å². The van der Waals surface area contributed by atoms with E-state index < -0.39 is 17.9 Å². The van der Waals surface area contributed by atoms with Crippen molar-refractivity contribution in [2.24, 2.45) is 0 Å².